The van der Waals surface area contributed by atoms with Crippen LogP contribution in [-0.4, -0.2) is 8.79 Å². The van der Waals surface area contributed by atoms with Crippen molar-refractivity contribution in [1.29, 1.82) is 0 Å². The molecule has 0 amide bonds. The van der Waals surface area contributed by atoms with Crippen LogP contribution in [0, 0.1) is 0 Å². The van der Waals surface area contributed by atoms with Gasteiger partial charge in [-0.05, 0) is 44.2 Å². The standard InChI is InChI=1S/C21H14OS2/c22-24-20(23-24)21-16-10-4-1-7-13(16)19(14-8-2-5-11-17(14)21)15-9-3-6-12-18(15)21/h1-12,19-20H/t19?,20-,21?,24?/m1/s1. The summed E-state index contributed by atoms with van der Waals surface area (Å²) < 4.78 is 12.6. The van der Waals surface area contributed by atoms with Crippen LogP contribution in [0.25, 0.3) is 0 Å². The minimum absolute atomic E-state index is 0.113. The maximum Gasteiger partial charge on any atom is 0.121 e. The minimum atomic E-state index is -0.816. The van der Waals surface area contributed by atoms with Gasteiger partial charge in [-0.25, -0.2) is 4.21 Å². The third kappa shape index (κ3) is 1.38. The summed E-state index contributed by atoms with van der Waals surface area (Å²) in [7, 11) is 0.793. The third-order valence-electron chi connectivity index (χ3n) is 5.76. The molecule has 0 spiro atoms. The van der Waals surface area contributed by atoms with Gasteiger partial charge in [0.2, 0.25) is 0 Å². The van der Waals surface area contributed by atoms with Crippen molar-refractivity contribution in [2.24, 2.45) is 0 Å². The van der Waals surface area contributed by atoms with Crippen molar-refractivity contribution in [1.82, 2.24) is 0 Å². The van der Waals surface area contributed by atoms with E-state index in [4.69, 9.17) is 0 Å². The van der Waals surface area contributed by atoms with Gasteiger partial charge >= 0.3 is 0 Å². The van der Waals surface area contributed by atoms with Crippen LogP contribution in [0.5, 0.6) is 0 Å². The summed E-state index contributed by atoms with van der Waals surface area (Å²) in [4.78, 5) is 0. The molecule has 1 nitrogen and oxygen atoms in total. The first-order valence-corrected chi connectivity index (χ1v) is 10.8. The summed E-state index contributed by atoms with van der Waals surface area (Å²) in [6, 6.07) is 26.3. The van der Waals surface area contributed by atoms with Crippen molar-refractivity contribution >= 4 is 20.6 Å². The normalized spacial score (nSPS) is 31.1. The van der Waals surface area contributed by atoms with Gasteiger partial charge in [-0.2, -0.15) is 0 Å². The average Bonchev–Trinajstić information content (AvgIpc) is 3.38. The van der Waals surface area contributed by atoms with E-state index in [9.17, 15) is 4.21 Å². The highest BCUT2D eigenvalue weighted by Crippen LogP contribution is 2.67. The summed E-state index contributed by atoms with van der Waals surface area (Å²) in [6.07, 6.45) is 0. The van der Waals surface area contributed by atoms with Crippen LogP contribution < -0.4 is 0 Å². The second-order valence-electron chi connectivity index (χ2n) is 6.69. The van der Waals surface area contributed by atoms with Crippen LogP contribution in [0.3, 0.4) is 0 Å². The molecule has 2 atom stereocenters. The van der Waals surface area contributed by atoms with Crippen LogP contribution in [-0.2, 0) is 15.2 Å². The van der Waals surface area contributed by atoms with Gasteiger partial charge in [0.15, 0.2) is 0 Å². The van der Waals surface area contributed by atoms with Crippen LogP contribution in [0.2, 0.25) is 0 Å². The van der Waals surface area contributed by atoms with Crippen molar-refractivity contribution in [2.45, 2.75) is 15.9 Å². The Morgan fingerprint density at radius 2 is 1.08 bits per heavy atom. The van der Waals surface area contributed by atoms with E-state index < -0.39 is 9.83 Å². The smallest absolute Gasteiger partial charge is 0.121 e. The van der Waals surface area contributed by atoms with E-state index in [1.165, 1.54) is 33.4 Å². The lowest BCUT2D eigenvalue weighted by Crippen LogP contribution is -2.45. The van der Waals surface area contributed by atoms with Gasteiger partial charge in [0.05, 0.1) is 15.2 Å². The molecule has 1 heterocycles. The molecule has 0 radical (unpaired) electrons. The highest BCUT2D eigenvalue weighted by atomic mass is 33.2. The van der Waals surface area contributed by atoms with E-state index in [1.54, 1.807) is 10.8 Å². The predicted octanol–water partition coefficient (Wildman–Crippen LogP) is 4.56. The Hall–Kier alpha value is -1.84. The maximum atomic E-state index is 12.5. The fraction of sp³-hybridized carbons (Fsp3) is 0.143. The van der Waals surface area contributed by atoms with E-state index in [2.05, 4.69) is 72.8 Å². The number of benzene rings is 3. The zero-order chi connectivity index (χ0) is 15.9. The van der Waals surface area contributed by atoms with Crippen molar-refractivity contribution < 1.29 is 4.21 Å². The monoisotopic (exact) mass is 346 g/mol. The van der Waals surface area contributed by atoms with Gasteiger partial charge in [0.1, 0.15) is 4.58 Å². The molecule has 1 aliphatic heterocycles. The van der Waals surface area contributed by atoms with Crippen LogP contribution in [0.4, 0.5) is 0 Å². The first-order valence-electron chi connectivity index (χ1n) is 8.19. The van der Waals surface area contributed by atoms with Gasteiger partial charge in [0.25, 0.3) is 0 Å². The molecule has 24 heavy (non-hydrogen) atoms. The number of hydrogen-bond acceptors (Lipinski definition) is 2. The quantitative estimate of drug-likeness (QED) is 0.474. The first-order chi connectivity index (χ1) is 11.8. The average molecular weight is 346 g/mol. The summed E-state index contributed by atoms with van der Waals surface area (Å²) in [5, 5.41) is 0. The van der Waals surface area contributed by atoms with E-state index in [1.807, 2.05) is 0 Å². The van der Waals surface area contributed by atoms with Crippen LogP contribution in [0.1, 0.15) is 39.3 Å². The lowest BCUT2D eigenvalue weighted by Gasteiger charge is -2.50. The van der Waals surface area contributed by atoms with Crippen molar-refractivity contribution in [3.8, 4) is 0 Å². The number of hydrogen-bond donors (Lipinski definition) is 0. The van der Waals surface area contributed by atoms with E-state index in [-0.39, 0.29) is 10.00 Å². The molecule has 0 aromatic heterocycles. The Morgan fingerprint density at radius 3 is 1.46 bits per heavy atom. The summed E-state index contributed by atoms with van der Waals surface area (Å²) in [5.41, 5.74) is 7.97. The molecule has 4 aliphatic rings. The first kappa shape index (κ1) is 13.5. The second-order valence-corrected chi connectivity index (χ2v) is 10.2. The van der Waals surface area contributed by atoms with Gasteiger partial charge in [-0.3, -0.25) is 0 Å². The third-order valence-corrected chi connectivity index (χ3v) is 8.73. The van der Waals surface area contributed by atoms with E-state index in [0.29, 0.717) is 5.92 Å². The van der Waals surface area contributed by atoms with Gasteiger partial charge in [-0.15, -0.1) is 0 Å². The highest BCUT2D eigenvalue weighted by Gasteiger charge is 2.62. The molecule has 3 aliphatic carbocycles. The SMILES string of the molecule is O=S1S[C@H]1C12c3ccccc3C(c3ccccc31)c1ccccc12. The highest BCUT2D eigenvalue weighted by molar-refractivity contribution is 8.85. The fourth-order valence-electron chi connectivity index (χ4n) is 4.92. The van der Waals surface area contributed by atoms with Crippen molar-refractivity contribution in [3.05, 3.63) is 106 Å². The molecule has 0 saturated carbocycles. The summed E-state index contributed by atoms with van der Waals surface area (Å²) >= 11 is 0. The molecule has 1 fully saturated rings. The van der Waals surface area contributed by atoms with E-state index >= 15 is 0 Å². The molecule has 7 rings (SSSR count). The van der Waals surface area contributed by atoms with Gasteiger partial charge in [0, 0.05) is 5.92 Å². The molecular formula is C21H14OS2. The largest absolute Gasteiger partial charge is 0.247 e. The molecule has 3 aromatic rings. The Kier molecular flexibility index (Phi) is 2.47. The van der Waals surface area contributed by atoms with Gasteiger partial charge in [-0.1, -0.05) is 72.8 Å². The van der Waals surface area contributed by atoms with Crippen LogP contribution in [0.15, 0.2) is 72.8 Å². The molecule has 1 saturated heterocycles. The molecule has 0 N–H and O–H groups in total. The van der Waals surface area contributed by atoms with Crippen LogP contribution >= 0.6 is 10.8 Å². The molecule has 1 unspecified atom stereocenters. The second kappa shape index (κ2) is 4.41. The summed E-state index contributed by atoms with van der Waals surface area (Å²) in [5.74, 6) is 0.299. The minimum Gasteiger partial charge on any atom is -0.247 e. The Balaban J connectivity index is 1.84. The lowest BCUT2D eigenvalue weighted by molar-refractivity contribution is 0.584. The molecule has 116 valence electrons. The fourth-order valence-corrected chi connectivity index (χ4v) is 7.78. The molecular weight excluding hydrogens is 332 g/mol. The molecule has 3 aromatic carbocycles. The topological polar surface area (TPSA) is 17.1 Å². The predicted molar refractivity (Wildman–Crippen MR) is 99.7 cm³/mol. The Bertz CT molecular complexity index is 924. The summed E-state index contributed by atoms with van der Waals surface area (Å²) in [6.45, 7) is 0. The Labute approximate surface area is 147 Å². The van der Waals surface area contributed by atoms with Crippen molar-refractivity contribution in [3.63, 3.8) is 0 Å². The zero-order valence-corrected chi connectivity index (χ0v) is 14.4. The van der Waals surface area contributed by atoms with Crippen molar-refractivity contribution in [2.75, 3.05) is 0 Å². The molecule has 2 bridgehead atoms. The zero-order valence-electron chi connectivity index (χ0n) is 12.8. The Morgan fingerprint density at radius 1 is 0.708 bits per heavy atom. The lowest BCUT2D eigenvalue weighted by atomic mass is 9.53. The van der Waals surface area contributed by atoms with E-state index in [0.717, 1.165) is 0 Å². The number of rotatable bonds is 1. The molecule has 3 heteroatoms. The maximum absolute atomic E-state index is 12.5. The van der Waals surface area contributed by atoms with Gasteiger partial charge < -0.3 is 0 Å².